The Hall–Kier alpha value is -1.06. The molecular weight excluding hydrogens is 286 g/mol. The molecule has 1 aromatic carbocycles. The highest BCUT2D eigenvalue weighted by Gasteiger charge is 2.32. The number of nitrogens with one attached hydrogen (secondary N) is 1. The van der Waals surface area contributed by atoms with Crippen LogP contribution in [0.25, 0.3) is 0 Å². The average Bonchev–Trinajstić information content (AvgIpc) is 2.45. The smallest absolute Gasteiger partial charge is 0.251 e. The average molecular weight is 310 g/mol. The molecular formula is C17H24ClNO2. The Morgan fingerprint density at radius 3 is 2.62 bits per heavy atom. The minimum atomic E-state index is -0.755. The van der Waals surface area contributed by atoms with Crippen LogP contribution in [-0.2, 0) is 0 Å². The van der Waals surface area contributed by atoms with E-state index in [4.69, 9.17) is 11.6 Å². The lowest BCUT2D eigenvalue weighted by Gasteiger charge is -2.35. The zero-order valence-electron chi connectivity index (χ0n) is 12.8. The standard InChI is InChI=1S/C17H24ClNO2/c1-3-13-4-6-17(21,7-5-13)11-19-16(20)14-8-12(2)9-15(18)10-14/h8-10,13,21H,3-7,11H2,1-2H3,(H,19,20). The Kier molecular flexibility index (Phi) is 5.28. The van der Waals surface area contributed by atoms with Gasteiger partial charge in [-0.15, -0.1) is 0 Å². The molecule has 0 saturated heterocycles. The highest BCUT2D eigenvalue weighted by Crippen LogP contribution is 2.33. The summed E-state index contributed by atoms with van der Waals surface area (Å²) in [6, 6.07) is 5.28. The molecule has 0 heterocycles. The van der Waals surface area contributed by atoms with Crippen molar-refractivity contribution in [2.24, 2.45) is 5.92 Å². The number of carbonyl (C=O) groups is 1. The fourth-order valence-electron chi connectivity index (χ4n) is 3.01. The lowest BCUT2D eigenvalue weighted by atomic mass is 9.78. The molecule has 0 radical (unpaired) electrons. The van der Waals surface area contributed by atoms with Gasteiger partial charge in [0.15, 0.2) is 0 Å². The molecule has 21 heavy (non-hydrogen) atoms. The summed E-state index contributed by atoms with van der Waals surface area (Å²) in [5.41, 5.74) is 0.746. The number of hydrogen-bond acceptors (Lipinski definition) is 2. The normalized spacial score (nSPS) is 25.6. The summed E-state index contributed by atoms with van der Waals surface area (Å²) in [6.07, 6.45) is 4.78. The van der Waals surface area contributed by atoms with Crippen molar-refractivity contribution >= 4 is 17.5 Å². The summed E-state index contributed by atoms with van der Waals surface area (Å²) in [7, 11) is 0. The molecule has 0 spiro atoms. The second-order valence-electron chi connectivity index (χ2n) is 6.28. The maximum atomic E-state index is 12.2. The van der Waals surface area contributed by atoms with Gasteiger partial charge in [-0.3, -0.25) is 4.79 Å². The fourth-order valence-corrected chi connectivity index (χ4v) is 3.30. The molecule has 1 aliphatic rings. The maximum absolute atomic E-state index is 12.2. The van der Waals surface area contributed by atoms with Crippen molar-refractivity contribution in [1.82, 2.24) is 5.32 Å². The van der Waals surface area contributed by atoms with Gasteiger partial charge in [-0.05, 0) is 62.3 Å². The second kappa shape index (κ2) is 6.80. The van der Waals surface area contributed by atoms with Gasteiger partial charge >= 0.3 is 0 Å². The van der Waals surface area contributed by atoms with Crippen LogP contribution in [0.3, 0.4) is 0 Å². The van der Waals surface area contributed by atoms with E-state index in [0.29, 0.717) is 17.1 Å². The minimum absolute atomic E-state index is 0.174. The molecule has 0 bridgehead atoms. The van der Waals surface area contributed by atoms with Crippen LogP contribution < -0.4 is 5.32 Å². The third-order valence-electron chi connectivity index (χ3n) is 4.50. The van der Waals surface area contributed by atoms with Crippen LogP contribution in [0.15, 0.2) is 18.2 Å². The van der Waals surface area contributed by atoms with Crippen LogP contribution >= 0.6 is 11.6 Å². The monoisotopic (exact) mass is 309 g/mol. The minimum Gasteiger partial charge on any atom is -0.388 e. The molecule has 1 fully saturated rings. The van der Waals surface area contributed by atoms with Crippen LogP contribution in [-0.4, -0.2) is 23.2 Å². The van der Waals surface area contributed by atoms with Crippen LogP contribution in [0.5, 0.6) is 0 Å². The lowest BCUT2D eigenvalue weighted by molar-refractivity contribution is -0.00786. The molecule has 4 heteroatoms. The molecule has 1 saturated carbocycles. The first-order valence-electron chi connectivity index (χ1n) is 7.69. The van der Waals surface area contributed by atoms with Crippen molar-refractivity contribution in [2.75, 3.05) is 6.54 Å². The van der Waals surface area contributed by atoms with E-state index in [9.17, 15) is 9.90 Å². The SMILES string of the molecule is CCC1CCC(O)(CNC(=O)c2cc(C)cc(Cl)c2)CC1. The molecule has 3 nitrogen and oxygen atoms in total. The Morgan fingerprint density at radius 1 is 1.38 bits per heavy atom. The molecule has 0 unspecified atom stereocenters. The van der Waals surface area contributed by atoms with E-state index in [0.717, 1.165) is 37.2 Å². The highest BCUT2D eigenvalue weighted by atomic mass is 35.5. The van der Waals surface area contributed by atoms with E-state index in [-0.39, 0.29) is 5.91 Å². The zero-order valence-corrected chi connectivity index (χ0v) is 13.5. The van der Waals surface area contributed by atoms with Gasteiger partial charge in [-0.25, -0.2) is 0 Å². The van der Waals surface area contributed by atoms with Crippen LogP contribution in [0.1, 0.15) is 54.9 Å². The van der Waals surface area contributed by atoms with Crippen LogP contribution in [0.4, 0.5) is 0 Å². The zero-order chi connectivity index (χ0) is 15.5. The van der Waals surface area contributed by atoms with E-state index < -0.39 is 5.60 Å². The van der Waals surface area contributed by atoms with Crippen molar-refractivity contribution in [3.8, 4) is 0 Å². The molecule has 0 aliphatic heterocycles. The summed E-state index contributed by atoms with van der Waals surface area (Å²) < 4.78 is 0. The molecule has 2 rings (SSSR count). The first-order valence-corrected chi connectivity index (χ1v) is 8.07. The van der Waals surface area contributed by atoms with Gasteiger partial charge < -0.3 is 10.4 Å². The molecule has 1 aromatic rings. The number of aliphatic hydroxyl groups is 1. The predicted octanol–water partition coefficient (Wildman–Crippen LogP) is 3.71. The van der Waals surface area contributed by atoms with Gasteiger partial charge in [0, 0.05) is 17.1 Å². The topological polar surface area (TPSA) is 49.3 Å². The van der Waals surface area contributed by atoms with Crippen molar-refractivity contribution in [3.05, 3.63) is 34.3 Å². The number of benzene rings is 1. The Morgan fingerprint density at radius 2 is 2.05 bits per heavy atom. The summed E-state index contributed by atoms with van der Waals surface area (Å²) >= 11 is 5.97. The van der Waals surface area contributed by atoms with Crippen molar-refractivity contribution in [2.45, 2.75) is 51.6 Å². The Balaban J connectivity index is 1.92. The molecule has 116 valence electrons. The number of carbonyl (C=O) groups excluding carboxylic acids is 1. The van der Waals surface area contributed by atoms with E-state index in [1.165, 1.54) is 6.42 Å². The summed E-state index contributed by atoms with van der Waals surface area (Å²) in [5.74, 6) is 0.545. The van der Waals surface area contributed by atoms with Gasteiger partial charge in [0.05, 0.1) is 5.60 Å². The van der Waals surface area contributed by atoms with Crippen LogP contribution in [0.2, 0.25) is 5.02 Å². The quantitative estimate of drug-likeness (QED) is 0.890. The van der Waals surface area contributed by atoms with E-state index in [2.05, 4.69) is 12.2 Å². The Bertz CT molecular complexity index is 487. The number of aryl methyl sites for hydroxylation is 1. The van der Waals surface area contributed by atoms with E-state index in [1.54, 1.807) is 12.1 Å². The molecule has 0 atom stereocenters. The summed E-state index contributed by atoms with van der Waals surface area (Å²) in [6.45, 7) is 4.41. The predicted molar refractivity (Wildman–Crippen MR) is 85.7 cm³/mol. The second-order valence-corrected chi connectivity index (χ2v) is 6.71. The number of hydrogen-bond donors (Lipinski definition) is 2. The molecule has 0 aromatic heterocycles. The molecule has 1 aliphatic carbocycles. The number of amides is 1. The number of rotatable bonds is 4. The van der Waals surface area contributed by atoms with E-state index >= 15 is 0 Å². The Labute approximate surface area is 131 Å². The van der Waals surface area contributed by atoms with E-state index in [1.807, 2.05) is 13.0 Å². The third-order valence-corrected chi connectivity index (χ3v) is 4.71. The van der Waals surface area contributed by atoms with Gasteiger partial charge in [0.25, 0.3) is 5.91 Å². The summed E-state index contributed by atoms with van der Waals surface area (Å²) in [5, 5.41) is 14.0. The first-order chi connectivity index (χ1) is 9.92. The van der Waals surface area contributed by atoms with Crippen molar-refractivity contribution in [3.63, 3.8) is 0 Å². The first kappa shape index (κ1) is 16.3. The summed E-state index contributed by atoms with van der Waals surface area (Å²) in [4.78, 5) is 12.2. The molecule has 1 amide bonds. The van der Waals surface area contributed by atoms with Crippen LogP contribution in [0, 0.1) is 12.8 Å². The maximum Gasteiger partial charge on any atom is 0.251 e. The van der Waals surface area contributed by atoms with Crippen molar-refractivity contribution in [1.29, 1.82) is 0 Å². The molecule has 2 N–H and O–H groups in total. The van der Waals surface area contributed by atoms with Gasteiger partial charge in [-0.2, -0.15) is 0 Å². The number of halogens is 1. The van der Waals surface area contributed by atoms with Gasteiger partial charge in [0.2, 0.25) is 0 Å². The van der Waals surface area contributed by atoms with Gasteiger partial charge in [0.1, 0.15) is 0 Å². The van der Waals surface area contributed by atoms with Gasteiger partial charge in [-0.1, -0.05) is 24.9 Å². The highest BCUT2D eigenvalue weighted by molar-refractivity contribution is 6.31. The third kappa shape index (κ3) is 4.45. The lowest BCUT2D eigenvalue weighted by Crippen LogP contribution is -2.45. The van der Waals surface area contributed by atoms with Crippen molar-refractivity contribution < 1.29 is 9.90 Å². The largest absolute Gasteiger partial charge is 0.388 e. The fraction of sp³-hybridized carbons (Fsp3) is 0.588.